The minimum absolute atomic E-state index is 0.207. The molecule has 46 heavy (non-hydrogen) atoms. The van der Waals surface area contributed by atoms with E-state index in [1.807, 2.05) is 54.6 Å². The summed E-state index contributed by atoms with van der Waals surface area (Å²) in [6.07, 6.45) is 0. The van der Waals surface area contributed by atoms with Crippen LogP contribution in [0.2, 0.25) is 0 Å². The Morgan fingerprint density at radius 1 is 0.870 bits per heavy atom. The first-order valence-electron chi connectivity index (χ1n) is 14.6. The average Bonchev–Trinajstić information content (AvgIpc) is 3.51. The minimum atomic E-state index is -1.19. The molecule has 0 fully saturated rings. The summed E-state index contributed by atoms with van der Waals surface area (Å²) in [6, 6.07) is 24.1. The van der Waals surface area contributed by atoms with Gasteiger partial charge in [0.05, 0.1) is 26.8 Å². The van der Waals surface area contributed by atoms with E-state index in [0.717, 1.165) is 5.56 Å². The molecule has 0 aliphatic carbocycles. The normalized spacial score (nSPS) is 12.7. The van der Waals surface area contributed by atoms with Crippen molar-refractivity contribution in [3.05, 3.63) is 96.1 Å². The molecule has 1 unspecified atom stereocenters. The van der Waals surface area contributed by atoms with Crippen LogP contribution >= 0.6 is 0 Å². The molecule has 0 bridgehead atoms. The molecular formula is C34H33N5O7. The highest BCUT2D eigenvalue weighted by Crippen LogP contribution is 2.43. The lowest BCUT2D eigenvalue weighted by Gasteiger charge is -2.33. The van der Waals surface area contributed by atoms with Gasteiger partial charge in [-0.05, 0) is 47.5 Å². The number of hydrogen-bond donors (Lipinski definition) is 1. The number of amides is 2. The molecule has 2 heterocycles. The van der Waals surface area contributed by atoms with Crippen LogP contribution in [0.3, 0.4) is 0 Å². The fraction of sp³-hybridized carbons (Fsp3) is 0.235. The van der Waals surface area contributed by atoms with E-state index in [1.165, 1.54) is 30.9 Å². The van der Waals surface area contributed by atoms with Crippen molar-refractivity contribution in [3.63, 3.8) is 0 Å². The van der Waals surface area contributed by atoms with Crippen LogP contribution in [0, 0.1) is 0 Å². The molecule has 0 radical (unpaired) electrons. The minimum Gasteiger partial charge on any atom is -0.493 e. The summed E-state index contributed by atoms with van der Waals surface area (Å²) in [4.78, 5) is 30.4. The molecule has 12 heteroatoms. The Morgan fingerprint density at radius 2 is 1.57 bits per heavy atom. The predicted molar refractivity (Wildman–Crippen MR) is 170 cm³/mol. The zero-order valence-corrected chi connectivity index (χ0v) is 25.6. The lowest BCUT2D eigenvalue weighted by atomic mass is 10.0. The van der Waals surface area contributed by atoms with Gasteiger partial charge in [-0.2, -0.15) is 0 Å². The molecule has 1 atom stereocenters. The number of carbonyl (C=O) groups is 2. The monoisotopic (exact) mass is 623 g/mol. The standard InChI is InChI=1S/C34H33N5O7/c1-42-29-17-23(18-30(43-2)33(29)44-3)32(34(41)35-20-22-9-5-4-6-10-22)39(24-13-14-27-28(19-24)46-16-15-45-27)31(40)21-38-26-12-8-7-11-25(26)36-37-38/h4-14,17-19,32H,15-16,20-21H2,1-3H3,(H,35,41). The Balaban J connectivity index is 1.49. The summed E-state index contributed by atoms with van der Waals surface area (Å²) in [5.41, 5.74) is 3.05. The number of hydrogen-bond acceptors (Lipinski definition) is 9. The smallest absolute Gasteiger partial charge is 0.249 e. The summed E-state index contributed by atoms with van der Waals surface area (Å²) >= 11 is 0. The topological polar surface area (TPSA) is 126 Å². The van der Waals surface area contributed by atoms with Gasteiger partial charge in [0.2, 0.25) is 17.6 Å². The van der Waals surface area contributed by atoms with Gasteiger partial charge in [-0.3, -0.25) is 14.5 Å². The van der Waals surface area contributed by atoms with Crippen molar-refractivity contribution in [2.24, 2.45) is 0 Å². The third-order valence-electron chi connectivity index (χ3n) is 7.60. The van der Waals surface area contributed by atoms with Crippen LogP contribution < -0.4 is 33.9 Å². The van der Waals surface area contributed by atoms with Crippen molar-refractivity contribution in [1.82, 2.24) is 20.3 Å². The van der Waals surface area contributed by atoms with Crippen LogP contribution in [0.5, 0.6) is 28.7 Å². The van der Waals surface area contributed by atoms with Crippen molar-refractivity contribution >= 4 is 28.5 Å². The van der Waals surface area contributed by atoms with Gasteiger partial charge in [-0.15, -0.1) is 5.10 Å². The van der Waals surface area contributed by atoms with Crippen molar-refractivity contribution in [2.75, 3.05) is 39.4 Å². The highest BCUT2D eigenvalue weighted by molar-refractivity contribution is 6.02. The van der Waals surface area contributed by atoms with Crippen molar-refractivity contribution in [3.8, 4) is 28.7 Å². The molecule has 5 aromatic rings. The maximum atomic E-state index is 14.5. The average molecular weight is 624 g/mol. The van der Waals surface area contributed by atoms with Crippen LogP contribution in [-0.4, -0.2) is 61.4 Å². The zero-order valence-electron chi connectivity index (χ0n) is 25.6. The second-order valence-corrected chi connectivity index (χ2v) is 10.4. The zero-order chi connectivity index (χ0) is 32.0. The summed E-state index contributed by atoms with van der Waals surface area (Å²) < 4.78 is 29.9. The van der Waals surface area contributed by atoms with Crippen LogP contribution in [-0.2, 0) is 22.7 Å². The molecule has 4 aromatic carbocycles. The summed E-state index contributed by atoms with van der Waals surface area (Å²) in [6.45, 7) is 0.785. The van der Waals surface area contributed by atoms with E-state index in [1.54, 1.807) is 30.3 Å². The number of benzene rings is 4. The number of rotatable bonds is 11. The van der Waals surface area contributed by atoms with Crippen molar-refractivity contribution in [1.29, 1.82) is 0 Å². The van der Waals surface area contributed by atoms with Crippen LogP contribution in [0.4, 0.5) is 5.69 Å². The molecule has 1 aromatic heterocycles. The second-order valence-electron chi connectivity index (χ2n) is 10.4. The SMILES string of the molecule is COc1cc(C(C(=O)NCc2ccccc2)N(C(=O)Cn2nnc3ccccc32)c2ccc3c(c2)OCCO3)cc(OC)c1OC. The highest BCUT2D eigenvalue weighted by atomic mass is 16.6. The molecule has 0 saturated carbocycles. The molecular weight excluding hydrogens is 590 g/mol. The molecule has 0 saturated heterocycles. The van der Waals surface area contributed by atoms with Crippen molar-refractivity contribution in [2.45, 2.75) is 19.1 Å². The van der Waals surface area contributed by atoms with Gasteiger partial charge in [0.1, 0.15) is 31.3 Å². The Morgan fingerprint density at radius 3 is 2.28 bits per heavy atom. The first-order valence-corrected chi connectivity index (χ1v) is 14.6. The number of anilines is 1. The Kier molecular flexibility index (Phi) is 8.86. The molecule has 1 N–H and O–H groups in total. The number of aromatic nitrogens is 3. The van der Waals surface area contributed by atoms with E-state index in [2.05, 4.69) is 15.6 Å². The first-order chi connectivity index (χ1) is 22.5. The van der Waals surface area contributed by atoms with Gasteiger partial charge in [-0.1, -0.05) is 47.7 Å². The van der Waals surface area contributed by atoms with Crippen molar-refractivity contribution < 1.29 is 33.3 Å². The summed E-state index contributed by atoms with van der Waals surface area (Å²) in [5.74, 6) is 1.14. The third kappa shape index (κ3) is 6.09. The van der Waals surface area contributed by atoms with Gasteiger partial charge in [0.15, 0.2) is 23.0 Å². The largest absolute Gasteiger partial charge is 0.493 e. The first kappa shape index (κ1) is 30.3. The fourth-order valence-corrected chi connectivity index (χ4v) is 5.42. The molecule has 0 spiro atoms. The summed E-state index contributed by atoms with van der Waals surface area (Å²) in [7, 11) is 4.48. The lowest BCUT2D eigenvalue weighted by molar-refractivity contribution is -0.127. The Hall–Kier alpha value is -5.78. The number of nitrogens with one attached hydrogen (secondary N) is 1. The van der Waals surface area contributed by atoms with Crippen LogP contribution in [0.15, 0.2) is 84.9 Å². The van der Waals surface area contributed by atoms with E-state index >= 15 is 0 Å². The van der Waals surface area contributed by atoms with E-state index in [9.17, 15) is 9.59 Å². The van der Waals surface area contributed by atoms with E-state index < -0.39 is 17.9 Å². The molecule has 236 valence electrons. The maximum Gasteiger partial charge on any atom is 0.249 e. The fourth-order valence-electron chi connectivity index (χ4n) is 5.42. The predicted octanol–water partition coefficient (Wildman–Crippen LogP) is 4.32. The lowest BCUT2D eigenvalue weighted by Crippen LogP contribution is -2.45. The van der Waals surface area contributed by atoms with Gasteiger partial charge in [0, 0.05) is 18.3 Å². The van der Waals surface area contributed by atoms with Gasteiger partial charge >= 0.3 is 0 Å². The molecule has 1 aliphatic heterocycles. The molecule has 12 nitrogen and oxygen atoms in total. The van der Waals surface area contributed by atoms with Gasteiger partial charge in [0.25, 0.3) is 0 Å². The van der Waals surface area contributed by atoms with E-state index in [4.69, 9.17) is 23.7 Å². The van der Waals surface area contributed by atoms with Crippen LogP contribution in [0.1, 0.15) is 17.2 Å². The van der Waals surface area contributed by atoms with Gasteiger partial charge < -0.3 is 29.0 Å². The summed E-state index contributed by atoms with van der Waals surface area (Å²) in [5, 5.41) is 11.5. The quantitative estimate of drug-likeness (QED) is 0.229. The molecule has 1 aliphatic rings. The highest BCUT2D eigenvalue weighted by Gasteiger charge is 2.35. The molecule has 6 rings (SSSR count). The number of para-hydroxylation sites is 1. The molecule has 2 amide bonds. The van der Waals surface area contributed by atoms with E-state index in [0.29, 0.717) is 64.2 Å². The number of fused-ring (bicyclic) bond motifs is 2. The maximum absolute atomic E-state index is 14.5. The number of nitrogens with zero attached hydrogens (tertiary/aromatic N) is 4. The van der Waals surface area contributed by atoms with Crippen LogP contribution in [0.25, 0.3) is 11.0 Å². The Bertz CT molecular complexity index is 1830. The third-order valence-corrected chi connectivity index (χ3v) is 7.60. The number of carbonyl (C=O) groups excluding carboxylic acids is 2. The number of ether oxygens (including phenoxy) is 5. The van der Waals surface area contributed by atoms with E-state index in [-0.39, 0.29) is 13.1 Å². The van der Waals surface area contributed by atoms with Gasteiger partial charge in [-0.25, -0.2) is 4.68 Å². The Labute approximate surface area is 265 Å². The number of methoxy groups -OCH3 is 3. The second kappa shape index (κ2) is 13.5.